The molecule has 0 radical (unpaired) electrons. The van der Waals surface area contributed by atoms with Crippen LogP contribution in [0.3, 0.4) is 0 Å². The van der Waals surface area contributed by atoms with Crippen molar-refractivity contribution >= 4 is 82.1 Å². The molecule has 13 aromatic rings. The van der Waals surface area contributed by atoms with Crippen LogP contribution in [0.1, 0.15) is 22.3 Å². The van der Waals surface area contributed by atoms with Crippen LogP contribution in [0.15, 0.2) is 253 Å². The highest BCUT2D eigenvalue weighted by atomic mass is 16.3. The van der Waals surface area contributed by atoms with E-state index in [1.807, 2.05) is 0 Å². The Balaban J connectivity index is 1.04. The Morgan fingerprint density at radius 1 is 0.343 bits per heavy atom. The molecule has 0 atom stereocenters. The highest BCUT2D eigenvalue weighted by molar-refractivity contribution is 6.27. The van der Waals surface area contributed by atoms with Crippen molar-refractivity contribution in [1.82, 2.24) is 0 Å². The number of benzene rings is 12. The molecule has 0 saturated heterocycles. The summed E-state index contributed by atoms with van der Waals surface area (Å²) in [6.45, 7) is 0. The molecule has 312 valence electrons. The molecule has 1 heterocycles. The minimum Gasteiger partial charge on any atom is -0.455 e. The molecule has 0 N–H and O–H groups in total. The van der Waals surface area contributed by atoms with Gasteiger partial charge in [0.05, 0.1) is 16.5 Å². The van der Waals surface area contributed by atoms with Crippen molar-refractivity contribution in [3.8, 4) is 22.3 Å². The molecule has 0 bridgehead atoms. The second-order valence-corrected chi connectivity index (χ2v) is 17.9. The van der Waals surface area contributed by atoms with Gasteiger partial charge in [0, 0.05) is 22.3 Å². The van der Waals surface area contributed by atoms with Crippen LogP contribution in [-0.2, 0) is 5.41 Å². The van der Waals surface area contributed by atoms with Crippen LogP contribution in [0, 0.1) is 0 Å². The van der Waals surface area contributed by atoms with E-state index in [9.17, 15) is 0 Å². The van der Waals surface area contributed by atoms with Crippen molar-refractivity contribution in [3.05, 3.63) is 271 Å². The molecule has 1 aromatic heterocycles. The molecule has 0 aliphatic heterocycles. The summed E-state index contributed by atoms with van der Waals surface area (Å²) in [5.74, 6) is 0. The average Bonchev–Trinajstić information content (AvgIpc) is 3.92. The Bertz CT molecular complexity index is 4020. The van der Waals surface area contributed by atoms with Crippen LogP contribution in [0.25, 0.3) is 87.3 Å². The molecule has 1 aliphatic rings. The first-order valence-electron chi connectivity index (χ1n) is 23.2. The molecule has 12 aromatic carbocycles. The maximum atomic E-state index is 7.22. The highest BCUT2D eigenvalue weighted by Crippen LogP contribution is 2.58. The van der Waals surface area contributed by atoms with Crippen LogP contribution < -0.4 is 4.90 Å². The molecule has 67 heavy (non-hydrogen) atoms. The van der Waals surface area contributed by atoms with E-state index in [4.69, 9.17) is 4.42 Å². The maximum absolute atomic E-state index is 7.22. The smallest absolute Gasteiger partial charge is 0.143 e. The molecule has 0 saturated carbocycles. The van der Waals surface area contributed by atoms with E-state index in [2.05, 4.69) is 254 Å². The second-order valence-electron chi connectivity index (χ2n) is 17.9. The summed E-state index contributed by atoms with van der Waals surface area (Å²) in [5, 5.41) is 12.0. The van der Waals surface area contributed by atoms with E-state index in [1.165, 1.54) is 71.1 Å². The standard InChI is InChI=1S/C65H41NO/c1-4-20-44(21-5-1)65(45-22-6-2-7-23-45)58-32-17-16-31-54(58)55-38-36-47(41-59(55)65)66(46-24-8-3-9-25-46)60-33-18-34-61-63(60)57-39-42-19-10-11-26-48(42)62(64(57)67-61)43-35-37-53-51-29-13-12-27-49(51)50-28-14-15-30-52(50)56(53)40-43/h1-41H. The lowest BCUT2D eigenvalue weighted by molar-refractivity contribution is 0.670. The fourth-order valence-corrected chi connectivity index (χ4v) is 11.7. The lowest BCUT2D eigenvalue weighted by atomic mass is 9.67. The molecule has 2 heteroatoms. The number of hydrogen-bond donors (Lipinski definition) is 0. The lowest BCUT2D eigenvalue weighted by Gasteiger charge is -2.35. The Morgan fingerprint density at radius 2 is 0.910 bits per heavy atom. The van der Waals surface area contributed by atoms with Crippen molar-refractivity contribution in [2.75, 3.05) is 4.90 Å². The van der Waals surface area contributed by atoms with Gasteiger partial charge < -0.3 is 9.32 Å². The average molecular weight is 852 g/mol. The summed E-state index contributed by atoms with van der Waals surface area (Å²) in [6.07, 6.45) is 0. The summed E-state index contributed by atoms with van der Waals surface area (Å²) < 4.78 is 7.22. The first-order chi connectivity index (χ1) is 33.3. The zero-order chi connectivity index (χ0) is 44.1. The second kappa shape index (κ2) is 14.7. The van der Waals surface area contributed by atoms with Gasteiger partial charge in [0.1, 0.15) is 11.2 Å². The molecule has 0 fully saturated rings. The van der Waals surface area contributed by atoms with E-state index in [-0.39, 0.29) is 0 Å². The van der Waals surface area contributed by atoms with Gasteiger partial charge in [-0.05, 0) is 131 Å². The van der Waals surface area contributed by atoms with E-state index < -0.39 is 5.41 Å². The van der Waals surface area contributed by atoms with Crippen molar-refractivity contribution in [2.24, 2.45) is 0 Å². The zero-order valence-corrected chi connectivity index (χ0v) is 36.5. The van der Waals surface area contributed by atoms with Gasteiger partial charge in [0.25, 0.3) is 0 Å². The number of para-hydroxylation sites is 1. The van der Waals surface area contributed by atoms with Gasteiger partial charge in [-0.2, -0.15) is 0 Å². The molecular formula is C65H41NO. The highest BCUT2D eigenvalue weighted by Gasteiger charge is 2.46. The third kappa shape index (κ3) is 5.45. The third-order valence-electron chi connectivity index (χ3n) is 14.5. The minimum atomic E-state index is -0.535. The van der Waals surface area contributed by atoms with Gasteiger partial charge >= 0.3 is 0 Å². The number of anilines is 3. The molecule has 1 aliphatic carbocycles. The molecule has 14 rings (SSSR count). The largest absolute Gasteiger partial charge is 0.455 e. The number of furan rings is 1. The summed E-state index contributed by atoms with van der Waals surface area (Å²) in [6, 6.07) is 91.2. The molecule has 0 spiro atoms. The Labute approximate surface area is 388 Å². The minimum absolute atomic E-state index is 0.535. The van der Waals surface area contributed by atoms with Gasteiger partial charge in [0.15, 0.2) is 0 Å². The fraction of sp³-hybridized carbons (Fsp3) is 0.0154. The Hall–Kier alpha value is -8.72. The van der Waals surface area contributed by atoms with Gasteiger partial charge in [0.2, 0.25) is 0 Å². The topological polar surface area (TPSA) is 16.4 Å². The van der Waals surface area contributed by atoms with Crippen LogP contribution >= 0.6 is 0 Å². The van der Waals surface area contributed by atoms with Crippen molar-refractivity contribution in [1.29, 1.82) is 0 Å². The molecular weight excluding hydrogens is 811 g/mol. The van der Waals surface area contributed by atoms with Crippen molar-refractivity contribution in [2.45, 2.75) is 5.41 Å². The Morgan fingerprint density at radius 3 is 1.61 bits per heavy atom. The predicted molar refractivity (Wildman–Crippen MR) is 281 cm³/mol. The number of nitrogens with zero attached hydrogens (tertiary/aromatic N) is 1. The first-order valence-corrected chi connectivity index (χ1v) is 23.2. The number of rotatable bonds is 6. The molecule has 2 nitrogen and oxygen atoms in total. The van der Waals surface area contributed by atoms with Gasteiger partial charge in [-0.1, -0.05) is 200 Å². The molecule has 0 unspecified atom stereocenters. The first kappa shape index (κ1) is 37.6. The lowest BCUT2D eigenvalue weighted by Crippen LogP contribution is -2.28. The predicted octanol–water partition coefficient (Wildman–Crippen LogP) is 17.7. The van der Waals surface area contributed by atoms with Crippen LogP contribution in [0.2, 0.25) is 0 Å². The number of hydrogen-bond acceptors (Lipinski definition) is 2. The zero-order valence-electron chi connectivity index (χ0n) is 36.5. The summed E-state index contributed by atoms with van der Waals surface area (Å²) in [4.78, 5) is 2.43. The van der Waals surface area contributed by atoms with Gasteiger partial charge in [-0.3, -0.25) is 0 Å². The van der Waals surface area contributed by atoms with Crippen molar-refractivity contribution in [3.63, 3.8) is 0 Å². The van der Waals surface area contributed by atoms with E-state index in [0.29, 0.717) is 0 Å². The summed E-state index contributed by atoms with van der Waals surface area (Å²) in [7, 11) is 0. The van der Waals surface area contributed by atoms with Crippen LogP contribution in [0.4, 0.5) is 17.1 Å². The van der Waals surface area contributed by atoms with E-state index in [0.717, 1.165) is 55.5 Å². The maximum Gasteiger partial charge on any atom is 0.143 e. The van der Waals surface area contributed by atoms with Crippen LogP contribution in [0.5, 0.6) is 0 Å². The molecule has 0 amide bonds. The summed E-state index contributed by atoms with van der Waals surface area (Å²) in [5.41, 5.74) is 14.2. The summed E-state index contributed by atoms with van der Waals surface area (Å²) >= 11 is 0. The fourth-order valence-electron chi connectivity index (χ4n) is 11.7. The normalized spacial score (nSPS) is 12.9. The SMILES string of the molecule is c1ccc(N(c2ccc3c(c2)C(c2ccccc2)(c2ccccc2)c2ccccc2-3)c2cccc3oc4c(-c5ccc6c7ccccc7c7ccccc7c6c5)c5ccccc5cc4c23)cc1. The van der Waals surface area contributed by atoms with E-state index in [1.54, 1.807) is 0 Å². The van der Waals surface area contributed by atoms with Gasteiger partial charge in [-0.25, -0.2) is 0 Å². The quantitative estimate of drug-likeness (QED) is 0.155. The Kier molecular flexibility index (Phi) is 8.23. The van der Waals surface area contributed by atoms with Crippen molar-refractivity contribution < 1.29 is 4.42 Å². The number of fused-ring (bicyclic) bond motifs is 13. The van der Waals surface area contributed by atoms with Gasteiger partial charge in [-0.15, -0.1) is 0 Å². The monoisotopic (exact) mass is 851 g/mol. The van der Waals surface area contributed by atoms with E-state index >= 15 is 0 Å². The van der Waals surface area contributed by atoms with Crippen LogP contribution in [-0.4, -0.2) is 0 Å². The third-order valence-corrected chi connectivity index (χ3v) is 14.5.